The molecule has 0 bridgehead atoms. The summed E-state index contributed by atoms with van der Waals surface area (Å²) in [5.74, 6) is 0.505. The Hall–Kier alpha value is -1.14. The average Bonchev–Trinajstić information content (AvgIpc) is 3.94. The van der Waals surface area contributed by atoms with Crippen molar-refractivity contribution in [3.05, 3.63) is 0 Å². The van der Waals surface area contributed by atoms with E-state index < -0.39 is 5.41 Å². The van der Waals surface area contributed by atoms with Crippen molar-refractivity contribution in [3.63, 3.8) is 0 Å². The maximum atomic E-state index is 13.2. The smallest absolute Gasteiger partial charge is 0.311 e. The summed E-state index contributed by atoms with van der Waals surface area (Å²) in [6, 6.07) is 0. The zero-order valence-electron chi connectivity index (χ0n) is 37.7. The quantitative estimate of drug-likeness (QED) is 0.0491. The van der Waals surface area contributed by atoms with Gasteiger partial charge in [0.1, 0.15) is 0 Å². The van der Waals surface area contributed by atoms with Crippen LogP contribution in [0.1, 0.15) is 247 Å². The molecular formula is C49H95NO5. The monoisotopic (exact) mass is 778 g/mol. The third-order valence-corrected chi connectivity index (χ3v) is 12.6. The van der Waals surface area contributed by atoms with E-state index in [4.69, 9.17) is 9.47 Å². The van der Waals surface area contributed by atoms with Crippen LogP contribution in [0.2, 0.25) is 0 Å². The van der Waals surface area contributed by atoms with Crippen molar-refractivity contribution in [2.24, 2.45) is 16.7 Å². The Kier molecular flexibility index (Phi) is 32.9. The first-order valence-electron chi connectivity index (χ1n) is 24.4. The molecule has 0 unspecified atom stereocenters. The molecule has 0 radical (unpaired) electrons. The maximum absolute atomic E-state index is 13.2. The molecule has 0 saturated heterocycles. The van der Waals surface area contributed by atoms with E-state index in [1.165, 1.54) is 154 Å². The van der Waals surface area contributed by atoms with Crippen LogP contribution in [0, 0.1) is 16.7 Å². The Labute approximate surface area is 342 Å². The summed E-state index contributed by atoms with van der Waals surface area (Å²) in [4.78, 5) is 28.1. The Morgan fingerprint density at radius 3 is 1.67 bits per heavy atom. The standard InChI is InChI=1S/C49H95NO5/c1-6-9-12-15-16-21-28-43-54-46(52)33-29-35-49(37-38-49)36-30-41-50(40-26-27-42-51)39-25-20-19-24-34-48(4,5)47(53)55-44-45(31-22-17-13-10-7-2)32-23-18-14-11-8-3/h45,51H,6-44H2,1-5H3. The number of nitrogens with zero attached hydrogens (tertiary/aromatic N) is 1. The molecule has 1 rings (SSSR count). The summed E-state index contributed by atoms with van der Waals surface area (Å²) in [6.45, 7) is 15.7. The van der Waals surface area contributed by atoms with Crippen LogP contribution in [0.5, 0.6) is 0 Å². The molecule has 6 nitrogen and oxygen atoms in total. The van der Waals surface area contributed by atoms with E-state index in [-0.39, 0.29) is 18.5 Å². The molecule has 0 aliphatic heterocycles. The molecule has 0 atom stereocenters. The van der Waals surface area contributed by atoms with Crippen LogP contribution in [-0.2, 0) is 19.1 Å². The second-order valence-electron chi connectivity index (χ2n) is 18.5. The highest BCUT2D eigenvalue weighted by Crippen LogP contribution is 2.53. The predicted octanol–water partition coefficient (Wildman–Crippen LogP) is 13.9. The third-order valence-electron chi connectivity index (χ3n) is 12.6. The number of esters is 2. The van der Waals surface area contributed by atoms with Crippen LogP contribution in [0.3, 0.4) is 0 Å². The molecule has 6 heteroatoms. The van der Waals surface area contributed by atoms with Crippen LogP contribution in [0.25, 0.3) is 0 Å². The highest BCUT2D eigenvalue weighted by molar-refractivity contribution is 5.75. The second kappa shape index (κ2) is 34.9. The van der Waals surface area contributed by atoms with Gasteiger partial charge in [-0.3, -0.25) is 9.59 Å². The van der Waals surface area contributed by atoms with Crippen LogP contribution >= 0.6 is 0 Å². The lowest BCUT2D eigenvalue weighted by Crippen LogP contribution is -2.29. The number of hydrogen-bond donors (Lipinski definition) is 1. The van der Waals surface area contributed by atoms with Gasteiger partial charge < -0.3 is 19.5 Å². The fourth-order valence-corrected chi connectivity index (χ4v) is 8.32. The minimum absolute atomic E-state index is 0.00306. The van der Waals surface area contributed by atoms with E-state index in [9.17, 15) is 14.7 Å². The number of hydrogen-bond acceptors (Lipinski definition) is 6. The number of ether oxygens (including phenoxy) is 2. The minimum atomic E-state index is -0.421. The Morgan fingerprint density at radius 2 is 1.09 bits per heavy atom. The van der Waals surface area contributed by atoms with Gasteiger partial charge in [0.2, 0.25) is 0 Å². The first-order valence-corrected chi connectivity index (χ1v) is 24.4. The second-order valence-corrected chi connectivity index (χ2v) is 18.5. The SMILES string of the molecule is CCCCCCCCCOC(=O)CCCC1(CCCN(CCCCO)CCCCCCC(C)(C)C(=O)OCC(CCCCCCC)CCCCCCC)CC1. The van der Waals surface area contributed by atoms with E-state index in [1.807, 2.05) is 0 Å². The van der Waals surface area contributed by atoms with Gasteiger partial charge in [0.05, 0.1) is 18.6 Å². The van der Waals surface area contributed by atoms with Crippen LogP contribution in [0.15, 0.2) is 0 Å². The molecule has 0 heterocycles. The first kappa shape index (κ1) is 51.9. The normalized spacial score (nSPS) is 13.9. The summed E-state index contributed by atoms with van der Waals surface area (Å²) in [6.07, 6.45) is 39.3. The van der Waals surface area contributed by atoms with Crippen molar-refractivity contribution in [1.29, 1.82) is 0 Å². The Morgan fingerprint density at radius 1 is 0.600 bits per heavy atom. The fraction of sp³-hybridized carbons (Fsp3) is 0.959. The molecule has 1 aliphatic carbocycles. The summed E-state index contributed by atoms with van der Waals surface area (Å²) in [7, 11) is 0. The molecule has 326 valence electrons. The molecule has 55 heavy (non-hydrogen) atoms. The molecule has 1 fully saturated rings. The van der Waals surface area contributed by atoms with Crippen molar-refractivity contribution in [2.75, 3.05) is 39.5 Å². The van der Waals surface area contributed by atoms with Crippen LogP contribution in [-0.4, -0.2) is 61.4 Å². The minimum Gasteiger partial charge on any atom is -0.466 e. The van der Waals surface area contributed by atoms with E-state index >= 15 is 0 Å². The molecule has 1 saturated carbocycles. The molecule has 1 N–H and O–H groups in total. The molecular weight excluding hydrogens is 683 g/mol. The number of aliphatic hydroxyl groups excluding tert-OH is 1. The van der Waals surface area contributed by atoms with Crippen LogP contribution < -0.4 is 0 Å². The van der Waals surface area contributed by atoms with Gasteiger partial charge in [-0.1, -0.05) is 143 Å². The van der Waals surface area contributed by atoms with E-state index in [1.54, 1.807) is 0 Å². The molecule has 0 aromatic heterocycles. The van der Waals surface area contributed by atoms with Crippen molar-refractivity contribution < 1.29 is 24.2 Å². The van der Waals surface area contributed by atoms with Crippen molar-refractivity contribution in [1.82, 2.24) is 4.90 Å². The molecule has 0 aromatic rings. The number of aliphatic hydroxyl groups is 1. The lowest BCUT2D eigenvalue weighted by molar-refractivity contribution is -0.156. The van der Waals surface area contributed by atoms with Gasteiger partial charge in [-0.15, -0.1) is 0 Å². The third kappa shape index (κ3) is 29.7. The van der Waals surface area contributed by atoms with Gasteiger partial charge in [-0.25, -0.2) is 0 Å². The number of carbonyl (C=O) groups is 2. The van der Waals surface area contributed by atoms with Crippen molar-refractivity contribution >= 4 is 11.9 Å². The number of rotatable bonds is 42. The summed E-state index contributed by atoms with van der Waals surface area (Å²) in [5, 5.41) is 9.37. The summed E-state index contributed by atoms with van der Waals surface area (Å²) >= 11 is 0. The first-order chi connectivity index (χ1) is 26.7. The zero-order chi connectivity index (χ0) is 40.3. The Bertz CT molecular complexity index is 873. The van der Waals surface area contributed by atoms with Gasteiger partial charge in [0.25, 0.3) is 0 Å². The van der Waals surface area contributed by atoms with Crippen molar-refractivity contribution in [2.45, 2.75) is 247 Å². The van der Waals surface area contributed by atoms with E-state index in [0.29, 0.717) is 31.0 Å². The van der Waals surface area contributed by atoms with E-state index in [2.05, 4.69) is 39.5 Å². The van der Waals surface area contributed by atoms with Crippen molar-refractivity contribution in [3.8, 4) is 0 Å². The highest BCUT2D eigenvalue weighted by atomic mass is 16.5. The van der Waals surface area contributed by atoms with Gasteiger partial charge in [-0.05, 0) is 128 Å². The fourth-order valence-electron chi connectivity index (χ4n) is 8.32. The summed E-state index contributed by atoms with van der Waals surface area (Å²) in [5.41, 5.74) is 0.0440. The predicted molar refractivity (Wildman–Crippen MR) is 235 cm³/mol. The maximum Gasteiger partial charge on any atom is 0.311 e. The molecule has 1 aliphatic rings. The molecule has 0 amide bonds. The largest absolute Gasteiger partial charge is 0.466 e. The number of carbonyl (C=O) groups excluding carboxylic acids is 2. The Balaban J connectivity index is 2.31. The highest BCUT2D eigenvalue weighted by Gasteiger charge is 2.41. The molecule has 0 aromatic carbocycles. The van der Waals surface area contributed by atoms with Crippen LogP contribution in [0.4, 0.5) is 0 Å². The zero-order valence-corrected chi connectivity index (χ0v) is 37.7. The lowest BCUT2D eigenvalue weighted by atomic mass is 9.86. The van der Waals surface area contributed by atoms with Gasteiger partial charge in [0, 0.05) is 13.0 Å². The summed E-state index contributed by atoms with van der Waals surface area (Å²) < 4.78 is 11.6. The lowest BCUT2D eigenvalue weighted by Gasteiger charge is -2.25. The average molecular weight is 778 g/mol. The number of unbranched alkanes of at least 4 members (excludes halogenated alkanes) is 18. The topological polar surface area (TPSA) is 76.1 Å². The van der Waals surface area contributed by atoms with E-state index in [0.717, 1.165) is 71.0 Å². The van der Waals surface area contributed by atoms with Gasteiger partial charge in [0.15, 0.2) is 0 Å². The van der Waals surface area contributed by atoms with Gasteiger partial charge >= 0.3 is 11.9 Å². The molecule has 0 spiro atoms. The van der Waals surface area contributed by atoms with Gasteiger partial charge in [-0.2, -0.15) is 0 Å².